The van der Waals surface area contributed by atoms with Crippen molar-refractivity contribution in [2.75, 3.05) is 26.2 Å². The minimum absolute atomic E-state index is 0.00521. The van der Waals surface area contributed by atoms with Gasteiger partial charge in [-0.1, -0.05) is 60.2 Å². The number of quaternary nitrogens is 2. The molecule has 0 spiro atoms. The first-order valence-electron chi connectivity index (χ1n) is 9.55. The molecule has 1 heterocycles. The van der Waals surface area contributed by atoms with Gasteiger partial charge in [0.25, 0.3) is 0 Å². The molecule has 5 nitrogen and oxygen atoms in total. The number of rotatable bonds is 7. The van der Waals surface area contributed by atoms with Crippen molar-refractivity contribution in [2.45, 2.75) is 25.9 Å². The van der Waals surface area contributed by atoms with E-state index >= 15 is 0 Å². The van der Waals surface area contributed by atoms with Gasteiger partial charge in [-0.2, -0.15) is 0 Å². The largest absolute Gasteiger partial charge is 0.544 e. The van der Waals surface area contributed by atoms with E-state index in [9.17, 15) is 14.7 Å². The Bertz CT molecular complexity index is 766. The Kier molecular flexibility index (Phi) is 6.37. The number of benzene rings is 2. The minimum atomic E-state index is -1.13. The van der Waals surface area contributed by atoms with Crippen LogP contribution in [0.25, 0.3) is 0 Å². The number of Topliss-reactive ketones (excluding diaryl/α,β-unsaturated/α-hetero) is 1. The summed E-state index contributed by atoms with van der Waals surface area (Å²) in [5, 5.41) is 11.7. The molecule has 0 bridgehead atoms. The van der Waals surface area contributed by atoms with Crippen LogP contribution < -0.4 is 14.9 Å². The van der Waals surface area contributed by atoms with Gasteiger partial charge < -0.3 is 19.7 Å². The summed E-state index contributed by atoms with van der Waals surface area (Å²) in [7, 11) is 0. The Morgan fingerprint density at radius 1 is 0.963 bits per heavy atom. The van der Waals surface area contributed by atoms with E-state index in [1.54, 1.807) is 12.1 Å². The van der Waals surface area contributed by atoms with Gasteiger partial charge in [-0.05, 0) is 6.92 Å². The van der Waals surface area contributed by atoms with Crippen molar-refractivity contribution < 1.29 is 24.5 Å². The molecule has 5 heteroatoms. The number of carbonyl (C=O) groups excluding carboxylic acids is 2. The molecule has 2 aromatic rings. The number of ketones is 1. The highest BCUT2D eigenvalue weighted by molar-refractivity contribution is 5.98. The number of hydrogen-bond donors (Lipinski definition) is 2. The molecular formula is C22H27N2O3+. The van der Waals surface area contributed by atoms with Gasteiger partial charge in [0, 0.05) is 11.1 Å². The zero-order chi connectivity index (χ0) is 19.2. The van der Waals surface area contributed by atoms with E-state index in [-0.39, 0.29) is 12.2 Å². The van der Waals surface area contributed by atoms with E-state index in [0.29, 0.717) is 5.56 Å². The van der Waals surface area contributed by atoms with Crippen LogP contribution in [0.15, 0.2) is 54.6 Å². The van der Waals surface area contributed by atoms with E-state index in [1.807, 2.05) is 37.3 Å². The predicted molar refractivity (Wildman–Crippen MR) is 100 cm³/mol. The third-order valence-electron chi connectivity index (χ3n) is 5.44. The number of piperazine rings is 1. The maximum Gasteiger partial charge on any atom is 0.169 e. The summed E-state index contributed by atoms with van der Waals surface area (Å²) in [6.45, 7) is 6.18. The maximum atomic E-state index is 12.5. The second kappa shape index (κ2) is 8.93. The molecule has 1 saturated heterocycles. The van der Waals surface area contributed by atoms with Crippen LogP contribution in [0.5, 0.6) is 0 Å². The molecule has 2 N–H and O–H groups in total. The molecule has 1 aliphatic heterocycles. The van der Waals surface area contributed by atoms with Crippen LogP contribution in [-0.4, -0.2) is 44.0 Å². The summed E-state index contributed by atoms with van der Waals surface area (Å²) in [4.78, 5) is 26.6. The molecule has 0 unspecified atom stereocenters. The normalized spacial score (nSPS) is 20.8. The van der Waals surface area contributed by atoms with Crippen molar-refractivity contribution in [3.8, 4) is 0 Å². The van der Waals surface area contributed by atoms with Gasteiger partial charge in [-0.15, -0.1) is 0 Å². The van der Waals surface area contributed by atoms with Crippen LogP contribution in [0.4, 0.5) is 0 Å². The third-order valence-corrected chi connectivity index (χ3v) is 5.44. The monoisotopic (exact) mass is 367 g/mol. The number of carbonyl (C=O) groups is 2. The number of carboxylic acids is 1. The van der Waals surface area contributed by atoms with E-state index in [1.165, 1.54) is 10.5 Å². The topological polar surface area (TPSA) is 66.1 Å². The highest BCUT2D eigenvalue weighted by Gasteiger charge is 2.32. The second-order valence-corrected chi connectivity index (χ2v) is 7.44. The predicted octanol–water partition coefficient (Wildman–Crippen LogP) is -1.33. The van der Waals surface area contributed by atoms with Crippen molar-refractivity contribution in [1.82, 2.24) is 0 Å². The SMILES string of the molecule is Cc1ccc(C(=O)C[C@@H](C(=O)[O-])[NH+]2CC[NH+](Cc3ccccc3)CC2)cc1. The molecule has 0 radical (unpaired) electrons. The number of carboxylic acid groups (broad SMARTS) is 1. The Morgan fingerprint density at radius 2 is 1.59 bits per heavy atom. The first-order chi connectivity index (χ1) is 13.0. The average Bonchev–Trinajstić information content (AvgIpc) is 2.68. The van der Waals surface area contributed by atoms with Crippen LogP contribution in [-0.2, 0) is 11.3 Å². The van der Waals surface area contributed by atoms with Crippen molar-refractivity contribution in [1.29, 1.82) is 0 Å². The summed E-state index contributed by atoms with van der Waals surface area (Å²) in [5.41, 5.74) is 2.94. The van der Waals surface area contributed by atoms with Crippen molar-refractivity contribution in [2.24, 2.45) is 0 Å². The third kappa shape index (κ3) is 5.25. The van der Waals surface area contributed by atoms with E-state index in [4.69, 9.17) is 0 Å². The highest BCUT2D eigenvalue weighted by Crippen LogP contribution is 2.07. The fourth-order valence-electron chi connectivity index (χ4n) is 3.77. The zero-order valence-corrected chi connectivity index (χ0v) is 15.7. The summed E-state index contributed by atoms with van der Waals surface area (Å²) in [6.07, 6.45) is -0.00521. The van der Waals surface area contributed by atoms with Gasteiger partial charge in [-0.3, -0.25) is 4.79 Å². The fraction of sp³-hybridized carbons (Fsp3) is 0.364. The Hall–Kier alpha value is -2.50. The molecule has 1 fully saturated rings. The van der Waals surface area contributed by atoms with Crippen LogP contribution >= 0.6 is 0 Å². The number of aliphatic carboxylic acids is 1. The zero-order valence-electron chi connectivity index (χ0n) is 15.7. The lowest BCUT2D eigenvalue weighted by Gasteiger charge is -2.34. The summed E-state index contributed by atoms with van der Waals surface area (Å²) < 4.78 is 0. The average molecular weight is 367 g/mol. The Labute approximate surface area is 160 Å². The van der Waals surface area contributed by atoms with Gasteiger partial charge in [0.1, 0.15) is 38.8 Å². The van der Waals surface area contributed by atoms with E-state index in [2.05, 4.69) is 12.1 Å². The molecule has 0 saturated carbocycles. The molecule has 1 aliphatic rings. The standard InChI is InChI=1S/C22H26N2O3/c1-17-7-9-19(10-8-17)21(25)15-20(22(26)27)24-13-11-23(12-14-24)16-18-5-3-2-4-6-18/h2-10,20H,11-16H2,1H3,(H,26,27)/p+1/t20-/m0/s1. The Morgan fingerprint density at radius 3 is 2.19 bits per heavy atom. The lowest BCUT2D eigenvalue weighted by Crippen LogP contribution is -3.29. The highest BCUT2D eigenvalue weighted by atomic mass is 16.4. The molecule has 0 amide bonds. The van der Waals surface area contributed by atoms with Crippen LogP contribution in [0, 0.1) is 6.92 Å². The molecular weight excluding hydrogens is 340 g/mol. The van der Waals surface area contributed by atoms with Crippen LogP contribution in [0.1, 0.15) is 27.9 Å². The lowest BCUT2D eigenvalue weighted by atomic mass is 10.0. The first kappa shape index (κ1) is 19.3. The van der Waals surface area contributed by atoms with Gasteiger partial charge in [0.2, 0.25) is 0 Å². The molecule has 27 heavy (non-hydrogen) atoms. The first-order valence-corrected chi connectivity index (χ1v) is 9.55. The Balaban J connectivity index is 1.57. The number of hydrogen-bond acceptors (Lipinski definition) is 3. The number of nitrogens with one attached hydrogen (secondary N) is 2. The van der Waals surface area contributed by atoms with Crippen molar-refractivity contribution in [3.05, 3.63) is 71.3 Å². The van der Waals surface area contributed by atoms with Gasteiger partial charge in [0.05, 0.1) is 12.4 Å². The van der Waals surface area contributed by atoms with Crippen molar-refractivity contribution >= 4 is 11.8 Å². The quantitative estimate of drug-likeness (QED) is 0.596. The minimum Gasteiger partial charge on any atom is -0.544 e. The molecule has 3 rings (SSSR count). The lowest BCUT2D eigenvalue weighted by molar-refractivity contribution is -1.03. The van der Waals surface area contributed by atoms with Gasteiger partial charge in [-0.25, -0.2) is 0 Å². The molecule has 142 valence electrons. The molecule has 0 aromatic heterocycles. The summed E-state index contributed by atoms with van der Waals surface area (Å²) >= 11 is 0. The second-order valence-electron chi connectivity index (χ2n) is 7.44. The smallest absolute Gasteiger partial charge is 0.169 e. The van der Waals surface area contributed by atoms with Crippen LogP contribution in [0.3, 0.4) is 0 Å². The van der Waals surface area contributed by atoms with E-state index in [0.717, 1.165) is 43.2 Å². The fourth-order valence-corrected chi connectivity index (χ4v) is 3.77. The van der Waals surface area contributed by atoms with Gasteiger partial charge >= 0.3 is 0 Å². The molecule has 2 aromatic carbocycles. The molecule has 0 aliphatic carbocycles. The van der Waals surface area contributed by atoms with Crippen LogP contribution in [0.2, 0.25) is 0 Å². The van der Waals surface area contributed by atoms with Crippen molar-refractivity contribution in [3.63, 3.8) is 0 Å². The summed E-state index contributed by atoms with van der Waals surface area (Å²) in [6, 6.07) is 16.8. The summed E-state index contributed by atoms with van der Waals surface area (Å²) in [5.74, 6) is -1.26. The molecule has 1 atom stereocenters. The number of aryl methyl sites for hydroxylation is 1. The van der Waals surface area contributed by atoms with Gasteiger partial charge in [0.15, 0.2) is 5.78 Å². The maximum absolute atomic E-state index is 12.5. The van der Waals surface area contributed by atoms with E-state index < -0.39 is 12.0 Å².